The molecule has 2 amide bonds. The summed E-state index contributed by atoms with van der Waals surface area (Å²) in [6.45, 7) is 3.66. The highest BCUT2D eigenvalue weighted by molar-refractivity contribution is 5.90. The number of nitrogens with one attached hydrogen (secondary N) is 1. The summed E-state index contributed by atoms with van der Waals surface area (Å²) in [6, 6.07) is 0. The van der Waals surface area contributed by atoms with E-state index < -0.39 is 11.6 Å². The van der Waals surface area contributed by atoms with E-state index >= 15 is 0 Å². The van der Waals surface area contributed by atoms with E-state index in [0.717, 1.165) is 6.08 Å². The van der Waals surface area contributed by atoms with E-state index in [1.165, 1.54) is 11.9 Å². The van der Waals surface area contributed by atoms with Crippen molar-refractivity contribution in [1.82, 2.24) is 10.2 Å². The summed E-state index contributed by atoms with van der Waals surface area (Å²) < 4.78 is 39.6. The number of rotatable bonds is 5. The molecule has 0 spiro atoms. The van der Waals surface area contributed by atoms with Gasteiger partial charge in [-0.1, -0.05) is 6.58 Å². The number of carbonyl (C=O) groups excluding carboxylic acids is 2. The molecule has 3 aliphatic carbocycles. The maximum absolute atomic E-state index is 13.2. The quantitative estimate of drug-likeness (QED) is 0.787. The molecule has 0 aromatic heterocycles. The van der Waals surface area contributed by atoms with Crippen molar-refractivity contribution in [2.75, 3.05) is 20.1 Å². The third-order valence-corrected chi connectivity index (χ3v) is 5.60. The largest absolute Gasteiger partial charge is 0.394 e. The van der Waals surface area contributed by atoms with Crippen LogP contribution in [0.5, 0.6) is 0 Å². The van der Waals surface area contributed by atoms with Crippen LogP contribution in [0.2, 0.25) is 0 Å². The van der Waals surface area contributed by atoms with Crippen LogP contribution in [-0.2, 0) is 9.59 Å². The van der Waals surface area contributed by atoms with Crippen LogP contribution in [0.15, 0.2) is 12.7 Å². The molecule has 23 heavy (non-hydrogen) atoms. The van der Waals surface area contributed by atoms with Gasteiger partial charge in [0.25, 0.3) is 0 Å². The molecular formula is C16H23F3N2O2. The van der Waals surface area contributed by atoms with Crippen LogP contribution < -0.4 is 5.32 Å². The van der Waals surface area contributed by atoms with Gasteiger partial charge in [0.1, 0.15) is 0 Å². The Hall–Kier alpha value is -1.53. The summed E-state index contributed by atoms with van der Waals surface area (Å²) in [5.74, 6) is -0.640. The Bertz CT molecular complexity index is 478. The van der Waals surface area contributed by atoms with Gasteiger partial charge in [-0.15, -0.1) is 0 Å². The van der Waals surface area contributed by atoms with Crippen molar-refractivity contribution in [3.05, 3.63) is 12.7 Å². The lowest BCUT2D eigenvalue weighted by Crippen LogP contribution is -2.53. The van der Waals surface area contributed by atoms with Crippen molar-refractivity contribution in [1.29, 1.82) is 0 Å². The Morgan fingerprint density at radius 1 is 1.17 bits per heavy atom. The molecule has 2 bridgehead atoms. The van der Waals surface area contributed by atoms with E-state index in [1.807, 2.05) is 0 Å². The lowest BCUT2D eigenvalue weighted by Gasteiger charge is -2.53. The average Bonchev–Trinajstić information content (AvgIpc) is 2.53. The molecular weight excluding hydrogens is 309 g/mol. The zero-order valence-electron chi connectivity index (χ0n) is 13.3. The second-order valence-electron chi connectivity index (χ2n) is 6.95. The minimum absolute atomic E-state index is 0.0760. The third kappa shape index (κ3) is 3.53. The molecule has 3 aliphatic rings. The minimum atomic E-state index is -4.13. The number of fused-ring (bicyclic) bond motifs is 3. The first-order valence-electron chi connectivity index (χ1n) is 7.84. The summed E-state index contributed by atoms with van der Waals surface area (Å²) in [5.41, 5.74) is -1.72. The van der Waals surface area contributed by atoms with Crippen molar-refractivity contribution in [2.45, 2.75) is 44.7 Å². The molecule has 3 rings (SSSR count). The van der Waals surface area contributed by atoms with Crippen LogP contribution in [0.3, 0.4) is 0 Å². The van der Waals surface area contributed by atoms with Gasteiger partial charge in [-0.25, -0.2) is 0 Å². The second kappa shape index (κ2) is 6.17. The molecule has 3 fully saturated rings. The summed E-state index contributed by atoms with van der Waals surface area (Å²) in [6.07, 6.45) is -1.05. The van der Waals surface area contributed by atoms with Crippen molar-refractivity contribution in [3.8, 4) is 0 Å². The van der Waals surface area contributed by atoms with Crippen molar-refractivity contribution < 1.29 is 22.8 Å². The molecule has 0 saturated heterocycles. The minimum Gasteiger partial charge on any atom is -0.354 e. The van der Waals surface area contributed by atoms with Crippen LogP contribution in [0.25, 0.3) is 0 Å². The Labute approximate surface area is 134 Å². The van der Waals surface area contributed by atoms with Gasteiger partial charge in [0.2, 0.25) is 11.8 Å². The van der Waals surface area contributed by atoms with E-state index in [9.17, 15) is 22.8 Å². The van der Waals surface area contributed by atoms with Crippen LogP contribution in [0, 0.1) is 10.8 Å². The lowest BCUT2D eigenvalue weighted by molar-refractivity contribution is -0.259. The van der Waals surface area contributed by atoms with Crippen LogP contribution >= 0.6 is 0 Å². The first kappa shape index (κ1) is 17.8. The molecule has 0 aromatic rings. The fourth-order valence-corrected chi connectivity index (χ4v) is 3.74. The molecule has 0 radical (unpaired) electrons. The molecule has 4 nitrogen and oxygen atoms in total. The molecule has 0 heterocycles. The number of hydrogen-bond acceptors (Lipinski definition) is 2. The predicted octanol–water partition coefficient (Wildman–Crippen LogP) is 2.65. The molecule has 130 valence electrons. The second-order valence-corrected chi connectivity index (χ2v) is 6.95. The number of amides is 2. The summed E-state index contributed by atoms with van der Waals surface area (Å²) in [7, 11) is 1.50. The van der Waals surface area contributed by atoms with Gasteiger partial charge in [-0.3, -0.25) is 9.59 Å². The highest BCUT2D eigenvalue weighted by Crippen LogP contribution is 2.62. The number of likely N-dealkylation sites (N-methyl/N-ethyl adjacent to an activating group) is 1. The number of alkyl halides is 3. The summed E-state index contributed by atoms with van der Waals surface area (Å²) in [5, 5.41) is 2.78. The molecule has 0 atom stereocenters. The van der Waals surface area contributed by atoms with Crippen LogP contribution in [-0.4, -0.2) is 43.0 Å². The topological polar surface area (TPSA) is 49.4 Å². The van der Waals surface area contributed by atoms with Gasteiger partial charge in [-0.2, -0.15) is 13.2 Å². The zero-order chi connectivity index (χ0) is 17.3. The fraction of sp³-hybridized carbons (Fsp3) is 0.750. The highest BCUT2D eigenvalue weighted by atomic mass is 19.4. The Morgan fingerprint density at radius 2 is 1.70 bits per heavy atom. The van der Waals surface area contributed by atoms with Crippen molar-refractivity contribution in [2.24, 2.45) is 10.8 Å². The van der Waals surface area contributed by atoms with Gasteiger partial charge >= 0.3 is 6.18 Å². The van der Waals surface area contributed by atoms with Crippen LogP contribution in [0.4, 0.5) is 13.2 Å². The fourth-order valence-electron chi connectivity index (χ4n) is 3.74. The monoisotopic (exact) mass is 332 g/mol. The predicted molar refractivity (Wildman–Crippen MR) is 79.5 cm³/mol. The molecule has 0 aliphatic heterocycles. The standard InChI is InChI=1S/C16H23F3N2O2/c1-3-13(23)21(2)10-12(22)20-11-14-4-7-15(8-5-14,9-6-14)16(17,18)19/h3H,1,4-11H2,2H3,(H,20,22). The van der Waals surface area contributed by atoms with E-state index in [1.54, 1.807) is 0 Å². The maximum Gasteiger partial charge on any atom is 0.394 e. The number of halogens is 3. The molecule has 0 unspecified atom stereocenters. The van der Waals surface area contributed by atoms with E-state index in [4.69, 9.17) is 0 Å². The number of carbonyl (C=O) groups is 2. The normalized spacial score (nSPS) is 29.9. The third-order valence-electron chi connectivity index (χ3n) is 5.60. The van der Waals surface area contributed by atoms with Gasteiger partial charge in [-0.05, 0) is 50.0 Å². The average molecular weight is 332 g/mol. The van der Waals surface area contributed by atoms with Gasteiger partial charge in [0.05, 0.1) is 12.0 Å². The SMILES string of the molecule is C=CC(=O)N(C)CC(=O)NCC12CCC(C(F)(F)F)(CC1)CC2. The van der Waals surface area contributed by atoms with E-state index in [2.05, 4.69) is 11.9 Å². The van der Waals surface area contributed by atoms with Gasteiger partial charge in [0, 0.05) is 13.6 Å². The summed E-state index contributed by atoms with van der Waals surface area (Å²) in [4.78, 5) is 24.5. The number of nitrogens with zero attached hydrogens (tertiary/aromatic N) is 1. The molecule has 3 saturated carbocycles. The maximum atomic E-state index is 13.2. The van der Waals surface area contributed by atoms with Crippen molar-refractivity contribution in [3.63, 3.8) is 0 Å². The van der Waals surface area contributed by atoms with E-state index in [-0.39, 0.29) is 43.0 Å². The first-order chi connectivity index (χ1) is 10.6. The van der Waals surface area contributed by atoms with E-state index in [0.29, 0.717) is 25.8 Å². The molecule has 1 N–H and O–H groups in total. The number of hydrogen-bond donors (Lipinski definition) is 1. The zero-order valence-corrected chi connectivity index (χ0v) is 13.3. The first-order valence-corrected chi connectivity index (χ1v) is 7.84. The lowest BCUT2D eigenvalue weighted by atomic mass is 9.53. The van der Waals surface area contributed by atoms with Gasteiger partial charge < -0.3 is 10.2 Å². The highest BCUT2D eigenvalue weighted by Gasteiger charge is 2.61. The van der Waals surface area contributed by atoms with Crippen LogP contribution in [0.1, 0.15) is 38.5 Å². The molecule has 7 heteroatoms. The summed E-state index contributed by atoms with van der Waals surface area (Å²) >= 11 is 0. The van der Waals surface area contributed by atoms with Gasteiger partial charge in [0.15, 0.2) is 0 Å². The Kier molecular flexibility index (Phi) is 4.78. The Morgan fingerprint density at radius 3 is 2.13 bits per heavy atom. The van der Waals surface area contributed by atoms with Crippen molar-refractivity contribution >= 4 is 11.8 Å². The molecule has 0 aromatic carbocycles. The Balaban J connectivity index is 1.85. The smallest absolute Gasteiger partial charge is 0.354 e.